The summed E-state index contributed by atoms with van der Waals surface area (Å²) in [6.45, 7) is 0. The molecule has 11 heteroatoms. The van der Waals surface area contributed by atoms with E-state index >= 15 is 0 Å². The van der Waals surface area contributed by atoms with Crippen LogP contribution in [0.15, 0.2) is 34.3 Å². The van der Waals surface area contributed by atoms with Crippen molar-refractivity contribution < 1.29 is 13.2 Å². The van der Waals surface area contributed by atoms with Gasteiger partial charge in [-0.3, -0.25) is 4.79 Å². The molecule has 1 aromatic heterocycles. The van der Waals surface area contributed by atoms with Crippen molar-refractivity contribution in [2.45, 2.75) is 67.0 Å². The Morgan fingerprint density at radius 1 is 1.19 bits per heavy atom. The van der Waals surface area contributed by atoms with Gasteiger partial charge in [0.1, 0.15) is 4.90 Å². The van der Waals surface area contributed by atoms with Crippen molar-refractivity contribution >= 4 is 33.4 Å². The Morgan fingerprint density at radius 3 is 2.61 bits per heavy atom. The standard InChI is InChI=1S/C20H28N6O3S2/c1-25(15-7-3-2-4-8-15)31(28,29)17-10-6-5-9-16(17)22-18(27)13-30-20-24-23-19(26(20)21)14-11-12-14/h5-6,9-10,14-15H,2-4,7-8,11-13,21H2,1H3,(H,22,27). The number of carbonyl (C=O) groups excluding carboxylic acids is 1. The van der Waals surface area contributed by atoms with E-state index in [1.807, 2.05) is 0 Å². The number of para-hydroxylation sites is 1. The molecule has 0 radical (unpaired) electrons. The van der Waals surface area contributed by atoms with Crippen molar-refractivity contribution in [1.29, 1.82) is 0 Å². The van der Waals surface area contributed by atoms with Crippen LogP contribution in [0, 0.1) is 0 Å². The highest BCUT2D eigenvalue weighted by Crippen LogP contribution is 2.39. The Hall–Kier alpha value is -2.11. The molecule has 2 aliphatic carbocycles. The molecule has 168 valence electrons. The van der Waals surface area contributed by atoms with Gasteiger partial charge in [-0.1, -0.05) is 43.2 Å². The van der Waals surface area contributed by atoms with Gasteiger partial charge in [-0.2, -0.15) is 4.31 Å². The number of hydrogen-bond donors (Lipinski definition) is 2. The molecule has 2 aliphatic rings. The van der Waals surface area contributed by atoms with E-state index in [9.17, 15) is 13.2 Å². The predicted molar refractivity (Wildman–Crippen MR) is 120 cm³/mol. The Morgan fingerprint density at radius 2 is 1.90 bits per heavy atom. The van der Waals surface area contributed by atoms with Crippen LogP contribution in [0.3, 0.4) is 0 Å². The summed E-state index contributed by atoms with van der Waals surface area (Å²) in [4.78, 5) is 12.7. The number of hydrogen-bond acceptors (Lipinski definition) is 7. The lowest BCUT2D eigenvalue weighted by Gasteiger charge is -2.30. The molecule has 1 amide bonds. The van der Waals surface area contributed by atoms with E-state index in [2.05, 4.69) is 15.5 Å². The average molecular weight is 465 g/mol. The third-order valence-electron chi connectivity index (χ3n) is 5.87. The van der Waals surface area contributed by atoms with Gasteiger partial charge >= 0.3 is 0 Å². The molecule has 31 heavy (non-hydrogen) atoms. The van der Waals surface area contributed by atoms with Gasteiger partial charge < -0.3 is 11.2 Å². The highest BCUT2D eigenvalue weighted by Gasteiger charge is 2.32. The topological polar surface area (TPSA) is 123 Å². The second-order valence-electron chi connectivity index (χ2n) is 8.13. The quantitative estimate of drug-likeness (QED) is 0.454. The summed E-state index contributed by atoms with van der Waals surface area (Å²) in [7, 11) is -2.09. The summed E-state index contributed by atoms with van der Waals surface area (Å²) >= 11 is 1.18. The number of rotatable bonds is 8. The highest BCUT2D eigenvalue weighted by molar-refractivity contribution is 7.99. The first-order chi connectivity index (χ1) is 14.9. The monoisotopic (exact) mass is 464 g/mol. The maximum atomic E-state index is 13.3. The van der Waals surface area contributed by atoms with Crippen LogP contribution in [-0.2, 0) is 14.8 Å². The second-order valence-corrected chi connectivity index (χ2v) is 11.0. The van der Waals surface area contributed by atoms with Crippen LogP contribution in [0.5, 0.6) is 0 Å². The molecule has 0 spiro atoms. The molecule has 0 unspecified atom stereocenters. The van der Waals surface area contributed by atoms with Crippen LogP contribution in [0.2, 0.25) is 0 Å². The van der Waals surface area contributed by atoms with E-state index in [0.29, 0.717) is 11.1 Å². The van der Waals surface area contributed by atoms with Gasteiger partial charge in [-0.15, -0.1) is 10.2 Å². The Balaban J connectivity index is 1.43. The molecule has 4 rings (SSSR count). The number of nitrogen functional groups attached to an aromatic ring is 1. The number of thioether (sulfide) groups is 1. The Kier molecular flexibility index (Phi) is 6.54. The molecule has 0 bridgehead atoms. The second kappa shape index (κ2) is 9.17. The maximum Gasteiger partial charge on any atom is 0.245 e. The van der Waals surface area contributed by atoms with Crippen molar-refractivity contribution in [1.82, 2.24) is 19.2 Å². The smallest absolute Gasteiger partial charge is 0.245 e. The van der Waals surface area contributed by atoms with Crippen molar-refractivity contribution in [2.75, 3.05) is 24.0 Å². The molecule has 0 atom stereocenters. The molecule has 3 N–H and O–H groups in total. The highest BCUT2D eigenvalue weighted by atomic mass is 32.2. The van der Waals surface area contributed by atoms with E-state index < -0.39 is 10.0 Å². The molecule has 1 aromatic carbocycles. The summed E-state index contributed by atoms with van der Waals surface area (Å²) < 4.78 is 29.4. The van der Waals surface area contributed by atoms with Gasteiger partial charge in [0.25, 0.3) is 0 Å². The number of aromatic nitrogens is 3. The van der Waals surface area contributed by atoms with Crippen LogP contribution in [0.1, 0.15) is 56.7 Å². The third kappa shape index (κ3) is 4.88. The van der Waals surface area contributed by atoms with Crippen LogP contribution >= 0.6 is 11.8 Å². The van der Waals surface area contributed by atoms with Crippen molar-refractivity contribution in [3.8, 4) is 0 Å². The largest absolute Gasteiger partial charge is 0.336 e. The normalized spacial score (nSPS) is 17.7. The average Bonchev–Trinajstić information content (AvgIpc) is 3.55. The fourth-order valence-corrected chi connectivity index (χ4v) is 6.14. The minimum Gasteiger partial charge on any atom is -0.336 e. The van der Waals surface area contributed by atoms with Crippen LogP contribution in [-0.4, -0.2) is 52.3 Å². The van der Waals surface area contributed by atoms with Gasteiger partial charge in [0.2, 0.25) is 21.1 Å². The minimum absolute atomic E-state index is 0.00496. The molecular formula is C20H28N6O3S2. The number of amides is 1. The van der Waals surface area contributed by atoms with Crippen LogP contribution < -0.4 is 11.2 Å². The summed E-state index contributed by atoms with van der Waals surface area (Å²) in [5, 5.41) is 11.4. The zero-order valence-electron chi connectivity index (χ0n) is 17.5. The van der Waals surface area contributed by atoms with Gasteiger partial charge in [0.15, 0.2) is 5.82 Å². The number of carbonyl (C=O) groups is 1. The van der Waals surface area contributed by atoms with Gasteiger partial charge in [-0.25, -0.2) is 13.1 Å². The van der Waals surface area contributed by atoms with Crippen molar-refractivity contribution in [3.63, 3.8) is 0 Å². The van der Waals surface area contributed by atoms with E-state index in [4.69, 9.17) is 5.84 Å². The molecule has 2 fully saturated rings. The van der Waals surface area contributed by atoms with E-state index in [-0.39, 0.29) is 28.3 Å². The number of nitrogens with one attached hydrogen (secondary N) is 1. The molecule has 9 nitrogen and oxygen atoms in total. The van der Waals surface area contributed by atoms with Crippen LogP contribution in [0.4, 0.5) is 5.69 Å². The number of benzene rings is 1. The zero-order valence-corrected chi connectivity index (χ0v) is 19.2. The van der Waals surface area contributed by atoms with Gasteiger partial charge in [0.05, 0.1) is 11.4 Å². The lowest BCUT2D eigenvalue weighted by molar-refractivity contribution is -0.113. The molecule has 0 aliphatic heterocycles. The first-order valence-corrected chi connectivity index (χ1v) is 13.0. The molecule has 2 aromatic rings. The number of nitrogens with two attached hydrogens (primary N) is 1. The van der Waals surface area contributed by atoms with Crippen LogP contribution in [0.25, 0.3) is 0 Å². The molecule has 2 saturated carbocycles. The van der Waals surface area contributed by atoms with Crippen molar-refractivity contribution in [2.24, 2.45) is 0 Å². The Bertz CT molecular complexity index is 1040. The summed E-state index contributed by atoms with van der Waals surface area (Å²) in [6, 6.07) is 6.52. The van der Waals surface area contributed by atoms with E-state index in [1.165, 1.54) is 26.8 Å². The summed E-state index contributed by atoms with van der Waals surface area (Å²) in [5.74, 6) is 6.84. The lowest BCUT2D eigenvalue weighted by Crippen LogP contribution is -2.38. The summed E-state index contributed by atoms with van der Waals surface area (Å²) in [5.41, 5.74) is 0.281. The first kappa shape index (κ1) is 22.1. The number of sulfonamides is 1. The van der Waals surface area contributed by atoms with E-state index in [0.717, 1.165) is 50.8 Å². The first-order valence-electron chi connectivity index (χ1n) is 10.6. The van der Waals surface area contributed by atoms with Gasteiger partial charge in [-0.05, 0) is 37.8 Å². The number of nitrogens with zero attached hydrogens (tertiary/aromatic N) is 4. The van der Waals surface area contributed by atoms with Gasteiger partial charge in [0, 0.05) is 19.0 Å². The lowest BCUT2D eigenvalue weighted by atomic mass is 9.96. The van der Waals surface area contributed by atoms with Crippen molar-refractivity contribution in [3.05, 3.63) is 30.1 Å². The molecule has 1 heterocycles. The van der Waals surface area contributed by atoms with E-state index in [1.54, 1.807) is 25.2 Å². The number of anilines is 1. The third-order valence-corrected chi connectivity index (χ3v) is 8.78. The maximum absolute atomic E-state index is 13.3. The predicted octanol–water partition coefficient (Wildman–Crippen LogP) is 2.55. The molecular weight excluding hydrogens is 436 g/mol. The summed E-state index contributed by atoms with van der Waals surface area (Å²) in [6.07, 6.45) is 7.06. The minimum atomic E-state index is -3.72. The SMILES string of the molecule is CN(C1CCCCC1)S(=O)(=O)c1ccccc1NC(=O)CSc1nnc(C2CC2)n1N. The fraction of sp³-hybridized carbons (Fsp3) is 0.550. The zero-order chi connectivity index (χ0) is 22.0. The fourth-order valence-electron chi connectivity index (χ4n) is 3.91. The molecule has 0 saturated heterocycles. The Labute approximate surface area is 186 Å².